The Morgan fingerprint density at radius 3 is 1.62 bits per heavy atom. The second kappa shape index (κ2) is 15.4. The first kappa shape index (κ1) is 39.4. The first-order valence-electron chi connectivity index (χ1n) is 24.0. The van der Waals surface area contributed by atoms with Gasteiger partial charge in [0.2, 0.25) is 0 Å². The van der Waals surface area contributed by atoms with Crippen LogP contribution in [0.3, 0.4) is 0 Å². The summed E-state index contributed by atoms with van der Waals surface area (Å²) in [5.41, 5.74) is 12.7. The molecule has 0 bridgehead atoms. The van der Waals surface area contributed by atoms with Crippen LogP contribution in [0.5, 0.6) is 0 Å². The largest absolute Gasteiger partial charge is 0.455 e. The number of hydrogen-bond acceptors (Lipinski definition) is 4. The van der Waals surface area contributed by atoms with E-state index >= 15 is 0 Å². The molecule has 15 aromatic rings. The quantitative estimate of drug-likeness (QED) is 0.167. The molecule has 71 heavy (non-hydrogen) atoms. The van der Waals surface area contributed by atoms with Crippen LogP contribution in [0.25, 0.3) is 144 Å². The molecule has 0 fully saturated rings. The monoisotopic (exact) mass is 905 g/mol. The Labute approximate surface area is 407 Å². The van der Waals surface area contributed by atoms with Crippen molar-refractivity contribution in [3.8, 4) is 56.7 Å². The lowest BCUT2D eigenvalue weighted by atomic mass is 10.0. The maximum absolute atomic E-state index is 7.17. The number of hydrogen-bond donors (Lipinski definition) is 0. The topological polar surface area (TPSA) is 61.7 Å². The molecule has 0 N–H and O–H groups in total. The molecule has 0 amide bonds. The van der Waals surface area contributed by atoms with Crippen LogP contribution >= 0.6 is 0 Å². The molecular weight excluding hydrogens is 867 g/mol. The third-order valence-electron chi connectivity index (χ3n) is 14.3. The van der Waals surface area contributed by atoms with E-state index in [1.54, 1.807) is 0 Å². The molecule has 4 heterocycles. The highest BCUT2D eigenvalue weighted by molar-refractivity contribution is 6.22. The van der Waals surface area contributed by atoms with Gasteiger partial charge in [-0.3, -0.25) is 0 Å². The number of nitrogens with zero attached hydrogens (tertiary/aromatic N) is 5. The summed E-state index contributed by atoms with van der Waals surface area (Å²) < 4.78 is 11.9. The maximum atomic E-state index is 7.17. The van der Waals surface area contributed by atoms with Crippen LogP contribution in [0.2, 0.25) is 0 Å². The average Bonchev–Trinajstić information content (AvgIpc) is 4.10. The third-order valence-corrected chi connectivity index (χ3v) is 14.3. The van der Waals surface area contributed by atoms with Crippen molar-refractivity contribution >= 4 is 87.1 Å². The van der Waals surface area contributed by atoms with E-state index < -0.39 is 0 Å². The highest BCUT2D eigenvalue weighted by Crippen LogP contribution is 2.45. The molecule has 0 aliphatic rings. The fourth-order valence-corrected chi connectivity index (χ4v) is 11.1. The fraction of sp³-hybridized carbons (Fsp3) is 0. The zero-order chi connectivity index (χ0) is 46.6. The fourth-order valence-electron chi connectivity index (χ4n) is 11.1. The Kier molecular flexibility index (Phi) is 8.56. The van der Waals surface area contributed by atoms with Crippen LogP contribution in [0.1, 0.15) is 0 Å². The molecule has 0 saturated carbocycles. The molecule has 4 aromatic heterocycles. The van der Waals surface area contributed by atoms with Crippen LogP contribution in [0.15, 0.2) is 241 Å². The summed E-state index contributed by atoms with van der Waals surface area (Å²) in [5, 5.41) is 11.3. The molecule has 330 valence electrons. The predicted molar refractivity (Wildman–Crippen MR) is 293 cm³/mol. The summed E-state index contributed by atoms with van der Waals surface area (Å²) >= 11 is 0. The molecule has 15 rings (SSSR count). The summed E-state index contributed by atoms with van der Waals surface area (Å²) in [6.07, 6.45) is 0. The van der Waals surface area contributed by atoms with Gasteiger partial charge in [0.05, 0.1) is 33.3 Å². The van der Waals surface area contributed by atoms with Gasteiger partial charge in [0.1, 0.15) is 11.2 Å². The Hall–Kier alpha value is -9.65. The SMILES string of the molecule is c1ccc(-c2ccc(-c3nc(-c4ccc5c(c4)c4ccccc4n5-c4ccccc4)nc(-c4c(-n5c6ccccc6c6cc7ccccc7cc65)ccc5c4oc4ccc6ccccc6c45)n3)cc2)cc1. The van der Waals surface area contributed by atoms with Gasteiger partial charge in [-0.1, -0.05) is 164 Å². The summed E-state index contributed by atoms with van der Waals surface area (Å²) in [5.74, 6) is 1.64. The first-order chi connectivity index (χ1) is 35.2. The van der Waals surface area contributed by atoms with Gasteiger partial charge in [0.15, 0.2) is 17.5 Å². The molecule has 6 heteroatoms. The van der Waals surface area contributed by atoms with Crippen molar-refractivity contribution in [2.24, 2.45) is 0 Å². The number of fused-ring (bicyclic) bond motifs is 12. The minimum absolute atomic E-state index is 0.514. The van der Waals surface area contributed by atoms with E-state index in [2.05, 4.69) is 240 Å². The van der Waals surface area contributed by atoms with Gasteiger partial charge in [-0.2, -0.15) is 0 Å². The standard InChI is InChI=1S/C65H39N5O/c1-3-15-40(16-4-1)41-27-29-43(30-28-41)63-66-64(46-31-34-56-52(38-46)49-23-11-13-25-54(49)69(56)47-20-5-2-6-21-47)68-65(67-63)61-57(35-33-51-60-48-22-10-9-17-42(48)32-36-59(60)71-62(51)61)70-55-26-14-12-24-50(55)53-37-44-18-7-8-19-45(44)39-58(53)70/h1-39H. The molecule has 0 radical (unpaired) electrons. The molecule has 0 atom stereocenters. The average molecular weight is 906 g/mol. The van der Waals surface area contributed by atoms with E-state index in [4.69, 9.17) is 19.4 Å². The lowest BCUT2D eigenvalue weighted by Crippen LogP contribution is -2.04. The van der Waals surface area contributed by atoms with E-state index in [-0.39, 0.29) is 0 Å². The molecule has 6 nitrogen and oxygen atoms in total. The van der Waals surface area contributed by atoms with Crippen molar-refractivity contribution in [3.63, 3.8) is 0 Å². The number of rotatable bonds is 6. The van der Waals surface area contributed by atoms with E-state index in [0.717, 1.165) is 110 Å². The van der Waals surface area contributed by atoms with Crippen molar-refractivity contribution in [2.75, 3.05) is 0 Å². The lowest BCUT2D eigenvalue weighted by molar-refractivity contribution is 0.669. The molecule has 0 aliphatic carbocycles. The van der Waals surface area contributed by atoms with Crippen LogP contribution in [-0.2, 0) is 0 Å². The summed E-state index contributed by atoms with van der Waals surface area (Å²) in [7, 11) is 0. The van der Waals surface area contributed by atoms with E-state index in [0.29, 0.717) is 23.1 Å². The van der Waals surface area contributed by atoms with Gasteiger partial charge >= 0.3 is 0 Å². The molecule has 0 saturated heterocycles. The predicted octanol–water partition coefficient (Wildman–Crippen LogP) is 16.9. The maximum Gasteiger partial charge on any atom is 0.170 e. The second-order valence-electron chi connectivity index (χ2n) is 18.3. The van der Waals surface area contributed by atoms with Crippen molar-refractivity contribution in [1.82, 2.24) is 24.1 Å². The van der Waals surface area contributed by atoms with E-state index in [1.807, 2.05) is 6.07 Å². The third kappa shape index (κ3) is 6.11. The molecule has 11 aromatic carbocycles. The van der Waals surface area contributed by atoms with Gasteiger partial charge in [0.25, 0.3) is 0 Å². The Bertz CT molecular complexity index is 4620. The molecular formula is C65H39N5O. The van der Waals surface area contributed by atoms with E-state index in [9.17, 15) is 0 Å². The van der Waals surface area contributed by atoms with Crippen LogP contribution in [-0.4, -0.2) is 24.1 Å². The van der Waals surface area contributed by atoms with E-state index in [1.165, 1.54) is 10.8 Å². The number of furan rings is 1. The van der Waals surface area contributed by atoms with Gasteiger partial charge in [-0.05, 0) is 105 Å². The van der Waals surface area contributed by atoms with Gasteiger partial charge in [-0.25, -0.2) is 15.0 Å². The van der Waals surface area contributed by atoms with Crippen LogP contribution < -0.4 is 0 Å². The minimum Gasteiger partial charge on any atom is -0.455 e. The second-order valence-corrected chi connectivity index (χ2v) is 18.3. The highest BCUT2D eigenvalue weighted by Gasteiger charge is 2.26. The van der Waals surface area contributed by atoms with Crippen molar-refractivity contribution in [2.45, 2.75) is 0 Å². The lowest BCUT2D eigenvalue weighted by Gasteiger charge is -2.15. The smallest absolute Gasteiger partial charge is 0.170 e. The zero-order valence-corrected chi connectivity index (χ0v) is 38.2. The van der Waals surface area contributed by atoms with Crippen LogP contribution in [0.4, 0.5) is 0 Å². The number of benzene rings is 11. The van der Waals surface area contributed by atoms with Crippen molar-refractivity contribution < 1.29 is 4.42 Å². The minimum atomic E-state index is 0.514. The molecule has 0 spiro atoms. The van der Waals surface area contributed by atoms with Crippen molar-refractivity contribution in [3.05, 3.63) is 237 Å². The van der Waals surface area contributed by atoms with Gasteiger partial charge < -0.3 is 13.6 Å². The highest BCUT2D eigenvalue weighted by atomic mass is 16.3. The van der Waals surface area contributed by atoms with Gasteiger partial charge in [-0.15, -0.1) is 0 Å². The van der Waals surface area contributed by atoms with Crippen molar-refractivity contribution in [1.29, 1.82) is 0 Å². The molecule has 0 aliphatic heterocycles. The summed E-state index contributed by atoms with van der Waals surface area (Å²) in [6, 6.07) is 83.8. The summed E-state index contributed by atoms with van der Waals surface area (Å²) in [4.78, 5) is 16.5. The van der Waals surface area contributed by atoms with Crippen LogP contribution in [0, 0.1) is 0 Å². The number of para-hydroxylation sites is 3. The number of aromatic nitrogens is 5. The Balaban J connectivity index is 1.04. The molecule has 0 unspecified atom stereocenters. The zero-order valence-electron chi connectivity index (χ0n) is 38.2. The first-order valence-corrected chi connectivity index (χ1v) is 24.0. The summed E-state index contributed by atoms with van der Waals surface area (Å²) in [6.45, 7) is 0. The Morgan fingerprint density at radius 1 is 0.310 bits per heavy atom. The Morgan fingerprint density at radius 2 is 0.859 bits per heavy atom. The normalized spacial score (nSPS) is 11.9. The van der Waals surface area contributed by atoms with Gasteiger partial charge in [0, 0.05) is 49.1 Å².